The lowest BCUT2D eigenvalue weighted by molar-refractivity contribution is -0.127. The molecule has 7 nitrogen and oxygen atoms in total. The zero-order valence-corrected chi connectivity index (χ0v) is 10.6. The average Bonchev–Trinajstić information content (AvgIpc) is 2.29. The molecule has 100 valence electrons. The van der Waals surface area contributed by atoms with Crippen LogP contribution in [0.2, 0.25) is 0 Å². The number of H-pyrrole nitrogens is 1. The number of halogens is 1. The first-order chi connectivity index (χ1) is 7.93. The molecule has 1 aromatic rings. The molecule has 0 atom stereocenters. The Kier molecular flexibility index (Phi) is 5.90. The van der Waals surface area contributed by atoms with Crippen LogP contribution in [0.4, 0.5) is 0 Å². The highest BCUT2D eigenvalue weighted by Gasteiger charge is 2.15. The summed E-state index contributed by atoms with van der Waals surface area (Å²) in [4.78, 5) is 37.6. The summed E-state index contributed by atoms with van der Waals surface area (Å²) in [5.41, 5.74) is -0.920. The van der Waals surface area contributed by atoms with E-state index in [1.165, 1.54) is 11.1 Å². The van der Waals surface area contributed by atoms with Crippen LogP contribution in [0.3, 0.4) is 0 Å². The van der Waals surface area contributed by atoms with Gasteiger partial charge in [-0.25, -0.2) is 0 Å². The van der Waals surface area contributed by atoms with Crippen LogP contribution in [0.1, 0.15) is 10.5 Å². The number of hydrogen-bond donors (Lipinski definition) is 3. The molecule has 0 saturated carbocycles. The number of carbonyl (C=O) groups excluding carboxylic acids is 2. The minimum Gasteiger partial charge on any atom is -1.00 e. The number of carbonyl (C=O) groups is 2. The molecule has 0 bridgehead atoms. The maximum Gasteiger partial charge on any atom is 0.272 e. The average molecular weight is 275 g/mol. The van der Waals surface area contributed by atoms with Crippen molar-refractivity contribution >= 4 is 11.8 Å². The van der Waals surface area contributed by atoms with E-state index in [1.807, 2.05) is 0 Å². The second-order valence-electron chi connectivity index (χ2n) is 3.54. The van der Waals surface area contributed by atoms with Gasteiger partial charge in [0.1, 0.15) is 0 Å². The monoisotopic (exact) mass is 274 g/mol. The highest BCUT2D eigenvalue weighted by molar-refractivity contribution is 5.96. The van der Waals surface area contributed by atoms with Crippen molar-refractivity contribution in [3.05, 3.63) is 28.2 Å². The van der Waals surface area contributed by atoms with Crippen LogP contribution in [-0.4, -0.2) is 47.4 Å². The lowest BCUT2D eigenvalue weighted by atomic mass is 10.3. The Morgan fingerprint density at radius 1 is 1.44 bits per heavy atom. The van der Waals surface area contributed by atoms with Gasteiger partial charge < -0.3 is 32.7 Å². The van der Waals surface area contributed by atoms with Crippen molar-refractivity contribution in [3.8, 4) is 5.75 Å². The number of amides is 2. The van der Waals surface area contributed by atoms with E-state index in [-0.39, 0.29) is 30.6 Å². The summed E-state index contributed by atoms with van der Waals surface area (Å²) in [7, 11) is 3.10. The van der Waals surface area contributed by atoms with E-state index < -0.39 is 17.1 Å². The van der Waals surface area contributed by atoms with Gasteiger partial charge >= 0.3 is 0 Å². The number of likely N-dealkylation sites (N-methyl/N-ethyl adjacent to an activating group) is 1. The molecule has 2 amide bonds. The molecule has 0 spiro atoms. The molecule has 1 heterocycles. The highest BCUT2D eigenvalue weighted by Crippen LogP contribution is 2.05. The molecule has 3 N–H and O–H groups in total. The van der Waals surface area contributed by atoms with Gasteiger partial charge in [-0.05, 0) is 0 Å². The van der Waals surface area contributed by atoms with Crippen molar-refractivity contribution < 1.29 is 27.1 Å². The van der Waals surface area contributed by atoms with Crippen molar-refractivity contribution in [2.45, 2.75) is 0 Å². The molecule has 18 heavy (non-hydrogen) atoms. The summed E-state index contributed by atoms with van der Waals surface area (Å²) in [6.45, 7) is -0.206. The minimum absolute atomic E-state index is 0. The molecule has 0 unspecified atom stereocenters. The zero-order valence-electron chi connectivity index (χ0n) is 9.86. The fraction of sp³-hybridized carbons (Fsp3) is 0.300. The van der Waals surface area contributed by atoms with Crippen molar-refractivity contribution in [3.63, 3.8) is 0 Å². The van der Waals surface area contributed by atoms with E-state index in [9.17, 15) is 19.5 Å². The van der Waals surface area contributed by atoms with Gasteiger partial charge in [0.25, 0.3) is 5.91 Å². The zero-order chi connectivity index (χ0) is 13.0. The topological polar surface area (TPSA) is 103 Å². The third kappa shape index (κ3) is 3.77. The highest BCUT2D eigenvalue weighted by atomic mass is 35.5. The number of hydrogen-bond acceptors (Lipinski definition) is 4. The van der Waals surface area contributed by atoms with Crippen LogP contribution in [0.5, 0.6) is 5.75 Å². The first-order valence-corrected chi connectivity index (χ1v) is 4.82. The van der Waals surface area contributed by atoms with Gasteiger partial charge in [0.2, 0.25) is 11.3 Å². The minimum atomic E-state index is -0.713. The third-order valence-corrected chi connectivity index (χ3v) is 2.06. The van der Waals surface area contributed by atoms with E-state index >= 15 is 0 Å². The Hall–Kier alpha value is -2.02. The normalized spacial score (nSPS) is 9.22. The molecular weight excluding hydrogens is 262 g/mol. The predicted molar refractivity (Wildman–Crippen MR) is 59.8 cm³/mol. The van der Waals surface area contributed by atoms with Crippen molar-refractivity contribution in [2.75, 3.05) is 20.6 Å². The van der Waals surface area contributed by atoms with Crippen molar-refractivity contribution in [1.29, 1.82) is 0 Å². The van der Waals surface area contributed by atoms with Crippen molar-refractivity contribution in [2.24, 2.45) is 0 Å². The van der Waals surface area contributed by atoms with E-state index in [1.54, 1.807) is 14.1 Å². The van der Waals surface area contributed by atoms with Crippen molar-refractivity contribution in [1.82, 2.24) is 15.2 Å². The molecule has 0 aliphatic heterocycles. The Balaban J connectivity index is 0.00000289. The van der Waals surface area contributed by atoms with Gasteiger partial charge in [-0.15, -0.1) is 0 Å². The lowest BCUT2D eigenvalue weighted by Gasteiger charge is -2.11. The molecule has 0 aliphatic rings. The van der Waals surface area contributed by atoms with E-state index in [0.29, 0.717) is 0 Å². The first kappa shape index (κ1) is 16.0. The molecule has 0 aromatic carbocycles. The molecule has 0 saturated heterocycles. The summed E-state index contributed by atoms with van der Waals surface area (Å²) in [5.74, 6) is -1.67. The van der Waals surface area contributed by atoms with Crippen LogP contribution in [-0.2, 0) is 4.79 Å². The van der Waals surface area contributed by atoms with E-state index in [0.717, 1.165) is 6.07 Å². The molecule has 0 fully saturated rings. The van der Waals surface area contributed by atoms with Gasteiger partial charge in [-0.1, -0.05) is 0 Å². The fourth-order valence-corrected chi connectivity index (χ4v) is 1.05. The Bertz CT molecular complexity index is 498. The maximum atomic E-state index is 11.5. The maximum absolute atomic E-state index is 11.5. The van der Waals surface area contributed by atoms with Crippen LogP contribution >= 0.6 is 0 Å². The molecular formula is C10H13ClN3O4-. The van der Waals surface area contributed by atoms with Crippen LogP contribution in [0.15, 0.2) is 17.1 Å². The van der Waals surface area contributed by atoms with Crippen LogP contribution in [0.25, 0.3) is 0 Å². The van der Waals surface area contributed by atoms with Crippen LogP contribution < -0.4 is 23.2 Å². The third-order valence-electron chi connectivity index (χ3n) is 2.06. The summed E-state index contributed by atoms with van der Waals surface area (Å²) in [5, 5.41) is 11.6. The van der Waals surface area contributed by atoms with Crippen LogP contribution in [0, 0.1) is 0 Å². The number of nitrogens with one attached hydrogen (secondary N) is 2. The second-order valence-corrected chi connectivity index (χ2v) is 3.54. The summed E-state index contributed by atoms with van der Waals surface area (Å²) in [6.07, 6.45) is 1.24. The summed E-state index contributed by atoms with van der Waals surface area (Å²) < 4.78 is 0. The number of aromatic nitrogens is 1. The number of pyridine rings is 1. The smallest absolute Gasteiger partial charge is 0.272 e. The van der Waals surface area contributed by atoms with E-state index in [4.69, 9.17) is 0 Å². The largest absolute Gasteiger partial charge is 1.00 e. The van der Waals surface area contributed by atoms with Gasteiger partial charge in [0, 0.05) is 26.4 Å². The van der Waals surface area contributed by atoms with Gasteiger partial charge in [-0.2, -0.15) is 0 Å². The Morgan fingerprint density at radius 3 is 2.61 bits per heavy atom. The molecule has 0 radical (unpaired) electrons. The number of aromatic amines is 1. The standard InChI is InChI=1S/C10H13N3O4.ClH/c1-13(2)7(15)5-12-10(17)8-9(16)6(14)3-4-11-8;/h3-4,16H,5H2,1-2H3,(H,11,14)(H,12,17);1H/p-1. The molecule has 1 aromatic heterocycles. The lowest BCUT2D eigenvalue weighted by Crippen LogP contribution is -3.00. The Labute approximate surface area is 109 Å². The Morgan fingerprint density at radius 2 is 2.06 bits per heavy atom. The quantitative estimate of drug-likeness (QED) is 0.521. The first-order valence-electron chi connectivity index (χ1n) is 4.82. The number of rotatable bonds is 3. The van der Waals surface area contributed by atoms with Gasteiger partial charge in [0.15, 0.2) is 11.4 Å². The summed E-state index contributed by atoms with van der Waals surface area (Å²) >= 11 is 0. The molecule has 1 rings (SSSR count). The van der Waals surface area contributed by atoms with Gasteiger partial charge in [-0.3, -0.25) is 14.4 Å². The fourth-order valence-electron chi connectivity index (χ4n) is 1.05. The van der Waals surface area contributed by atoms with E-state index in [2.05, 4.69) is 10.3 Å². The molecule has 0 aliphatic carbocycles. The van der Waals surface area contributed by atoms with Gasteiger partial charge in [0.05, 0.1) is 6.54 Å². The summed E-state index contributed by atoms with van der Waals surface area (Å²) in [6, 6.07) is 1.09. The predicted octanol–water partition coefficient (Wildman–Crippen LogP) is -4.10. The molecule has 8 heteroatoms. The second kappa shape index (κ2) is 6.65. The SMILES string of the molecule is CN(C)C(=O)CNC(=O)c1[nH]ccc(=O)c1O.[Cl-]. The number of nitrogens with zero attached hydrogens (tertiary/aromatic N) is 1. The number of aromatic hydroxyl groups is 1.